The van der Waals surface area contributed by atoms with E-state index in [9.17, 15) is 14.4 Å². The molecule has 6 heteroatoms. The topological polar surface area (TPSA) is 69.7 Å². The zero-order valence-corrected chi connectivity index (χ0v) is 10.1. The zero-order chi connectivity index (χ0) is 11.8. The molecule has 0 bridgehead atoms. The molecule has 0 saturated heterocycles. The first-order valence-corrected chi connectivity index (χ1v) is 4.41. The summed E-state index contributed by atoms with van der Waals surface area (Å²) < 4.78 is 9.27. The molecule has 0 aromatic heterocycles. The van der Waals surface area contributed by atoms with Gasteiger partial charge < -0.3 is 9.47 Å². The molecule has 0 aromatic carbocycles. The molecule has 0 rings (SSSR count). The van der Waals surface area contributed by atoms with Crippen LogP contribution in [0.15, 0.2) is 12.2 Å². The Kier molecular flexibility index (Phi) is 9.85. The van der Waals surface area contributed by atoms with E-state index >= 15 is 0 Å². The molecular weight excluding hydrogens is 264 g/mol. The summed E-state index contributed by atoms with van der Waals surface area (Å²) in [4.78, 5) is 32.2. The molecule has 1 radical (unpaired) electrons. The summed E-state index contributed by atoms with van der Waals surface area (Å²) in [7, 11) is 0. The van der Waals surface area contributed by atoms with Crippen LogP contribution in [0.2, 0.25) is 0 Å². The molecule has 0 saturated carbocycles. The summed E-state index contributed by atoms with van der Waals surface area (Å²) in [6.07, 6.45) is -0.256. The van der Waals surface area contributed by atoms with Gasteiger partial charge in [-0.15, -0.1) is 0 Å². The molecule has 0 aliphatic carbocycles. The van der Waals surface area contributed by atoms with E-state index in [0.29, 0.717) is 0 Å². The largest absolute Gasteiger partial charge is 0.462 e. The van der Waals surface area contributed by atoms with Crippen molar-refractivity contribution in [1.82, 2.24) is 0 Å². The van der Waals surface area contributed by atoms with Crippen LogP contribution in [0, 0.1) is 0 Å². The van der Waals surface area contributed by atoms with E-state index < -0.39 is 11.9 Å². The number of ketones is 1. The van der Waals surface area contributed by atoms with Gasteiger partial charge in [-0.3, -0.25) is 9.59 Å². The summed E-state index contributed by atoms with van der Waals surface area (Å²) in [5.74, 6) is -1.41. The van der Waals surface area contributed by atoms with Crippen molar-refractivity contribution in [3.63, 3.8) is 0 Å². The molecule has 0 spiro atoms. The molecule has 0 amide bonds. The molecule has 0 heterocycles. The monoisotopic (exact) mass is 277 g/mol. The molecule has 16 heavy (non-hydrogen) atoms. The van der Waals surface area contributed by atoms with Gasteiger partial charge in [0, 0.05) is 22.6 Å². The standard InChI is InChI=1S/C10H14O5.Cu/c1-7(2)10(13)15-5-4-14-9(12)6-8(3)11;/h1,4-6H2,2-3H3;. The number of hydrogen-bond acceptors (Lipinski definition) is 5. The number of esters is 2. The van der Waals surface area contributed by atoms with Crippen LogP contribution < -0.4 is 0 Å². The molecular formula is C10H14CuO5. The Labute approximate surface area is 105 Å². The summed E-state index contributed by atoms with van der Waals surface area (Å²) in [5, 5.41) is 0. The van der Waals surface area contributed by atoms with E-state index in [2.05, 4.69) is 16.1 Å². The number of Topliss-reactive ketones (excluding diaryl/α,β-unsaturated/α-hetero) is 1. The zero-order valence-electron chi connectivity index (χ0n) is 9.17. The van der Waals surface area contributed by atoms with Crippen LogP contribution in [-0.2, 0) is 40.9 Å². The smallest absolute Gasteiger partial charge is 0.333 e. The van der Waals surface area contributed by atoms with Crippen molar-refractivity contribution in [2.24, 2.45) is 0 Å². The van der Waals surface area contributed by atoms with Crippen molar-refractivity contribution >= 4 is 17.7 Å². The molecule has 0 N–H and O–H groups in total. The van der Waals surface area contributed by atoms with Gasteiger partial charge in [-0.05, 0) is 13.8 Å². The van der Waals surface area contributed by atoms with Crippen molar-refractivity contribution in [2.45, 2.75) is 20.3 Å². The average molecular weight is 278 g/mol. The van der Waals surface area contributed by atoms with Crippen LogP contribution in [0.3, 0.4) is 0 Å². The van der Waals surface area contributed by atoms with Crippen molar-refractivity contribution in [3.8, 4) is 0 Å². The molecule has 0 aliphatic rings. The minimum Gasteiger partial charge on any atom is -0.462 e. The van der Waals surface area contributed by atoms with Crippen LogP contribution in [0.25, 0.3) is 0 Å². The Morgan fingerprint density at radius 3 is 2.00 bits per heavy atom. The maximum Gasteiger partial charge on any atom is 0.333 e. The van der Waals surface area contributed by atoms with E-state index in [1.54, 1.807) is 0 Å². The third kappa shape index (κ3) is 9.43. The second-order valence-corrected chi connectivity index (χ2v) is 3.02. The number of rotatable bonds is 6. The molecule has 0 aromatic rings. The number of ether oxygens (including phenoxy) is 2. The molecule has 95 valence electrons. The van der Waals surface area contributed by atoms with Gasteiger partial charge >= 0.3 is 11.9 Å². The third-order valence-corrected chi connectivity index (χ3v) is 1.32. The molecule has 5 nitrogen and oxygen atoms in total. The van der Waals surface area contributed by atoms with Crippen LogP contribution in [-0.4, -0.2) is 30.9 Å². The average Bonchev–Trinajstić information content (AvgIpc) is 2.10. The molecule has 0 fully saturated rings. The minimum atomic E-state index is -0.617. The normalized spacial score (nSPS) is 8.62. The van der Waals surface area contributed by atoms with Crippen molar-refractivity contribution in [3.05, 3.63) is 12.2 Å². The summed E-state index contributed by atoms with van der Waals surface area (Å²) in [6, 6.07) is 0. The van der Waals surface area contributed by atoms with Gasteiger partial charge in [0.05, 0.1) is 0 Å². The van der Waals surface area contributed by atoms with E-state index in [1.165, 1.54) is 13.8 Å². The third-order valence-electron chi connectivity index (χ3n) is 1.32. The Hall–Kier alpha value is -1.13. The second-order valence-electron chi connectivity index (χ2n) is 3.02. The van der Waals surface area contributed by atoms with Gasteiger partial charge in [-0.25, -0.2) is 4.79 Å². The van der Waals surface area contributed by atoms with Gasteiger partial charge in [0.1, 0.15) is 25.4 Å². The van der Waals surface area contributed by atoms with Gasteiger partial charge in [0.25, 0.3) is 0 Å². The van der Waals surface area contributed by atoms with E-state index in [1.807, 2.05) is 0 Å². The minimum absolute atomic E-state index is 0. The van der Waals surface area contributed by atoms with E-state index in [4.69, 9.17) is 0 Å². The maximum atomic E-state index is 10.8. The summed E-state index contributed by atoms with van der Waals surface area (Å²) in [6.45, 7) is 6.11. The molecule has 0 aliphatic heterocycles. The SMILES string of the molecule is C=C(C)C(=O)OCCOC(=O)CC(C)=O.[Cu]. The second kappa shape index (κ2) is 9.12. The number of carbonyl (C=O) groups is 3. The number of hydrogen-bond donors (Lipinski definition) is 0. The van der Waals surface area contributed by atoms with Crippen LogP contribution in [0.4, 0.5) is 0 Å². The Balaban J connectivity index is 0. The number of carbonyl (C=O) groups excluding carboxylic acids is 3. The quantitative estimate of drug-likeness (QED) is 0.234. The fraction of sp³-hybridized carbons (Fsp3) is 0.500. The van der Waals surface area contributed by atoms with Gasteiger partial charge in [0.15, 0.2) is 0 Å². The van der Waals surface area contributed by atoms with E-state index in [0.717, 1.165) is 0 Å². The maximum absolute atomic E-state index is 10.8. The summed E-state index contributed by atoms with van der Waals surface area (Å²) in [5.41, 5.74) is 0.282. The van der Waals surface area contributed by atoms with Crippen LogP contribution in [0.1, 0.15) is 20.3 Å². The van der Waals surface area contributed by atoms with Crippen molar-refractivity contribution in [1.29, 1.82) is 0 Å². The first kappa shape index (κ1) is 17.3. The van der Waals surface area contributed by atoms with Gasteiger partial charge in [0.2, 0.25) is 0 Å². The van der Waals surface area contributed by atoms with Crippen LogP contribution in [0.5, 0.6) is 0 Å². The molecule has 0 atom stereocenters. The van der Waals surface area contributed by atoms with Crippen LogP contribution >= 0.6 is 0 Å². The first-order valence-electron chi connectivity index (χ1n) is 4.41. The summed E-state index contributed by atoms with van der Waals surface area (Å²) >= 11 is 0. The predicted octanol–water partition coefficient (Wildman–Crippen LogP) is 0.625. The Morgan fingerprint density at radius 2 is 1.56 bits per heavy atom. The Bertz CT molecular complexity index is 285. The van der Waals surface area contributed by atoms with Gasteiger partial charge in [-0.1, -0.05) is 6.58 Å². The fourth-order valence-corrected chi connectivity index (χ4v) is 0.667. The first-order chi connectivity index (χ1) is 6.93. The van der Waals surface area contributed by atoms with Gasteiger partial charge in [-0.2, -0.15) is 0 Å². The van der Waals surface area contributed by atoms with Crippen molar-refractivity contribution in [2.75, 3.05) is 13.2 Å². The van der Waals surface area contributed by atoms with Crippen molar-refractivity contribution < 1.29 is 40.9 Å². The molecule has 0 unspecified atom stereocenters. The fourth-order valence-electron chi connectivity index (χ4n) is 0.667. The predicted molar refractivity (Wildman–Crippen MR) is 52.0 cm³/mol. The van der Waals surface area contributed by atoms with E-state index in [-0.39, 0.29) is 48.1 Å². The Morgan fingerprint density at radius 1 is 1.06 bits per heavy atom.